The Labute approximate surface area is 99.0 Å². The summed E-state index contributed by atoms with van der Waals surface area (Å²) in [5.41, 5.74) is 1.09. The summed E-state index contributed by atoms with van der Waals surface area (Å²) in [6.45, 7) is 8.50. The maximum Gasteiger partial charge on any atom is 0.142 e. The second-order valence-electron chi connectivity index (χ2n) is 4.50. The van der Waals surface area contributed by atoms with Crippen LogP contribution in [-0.4, -0.2) is 12.1 Å². The van der Waals surface area contributed by atoms with Gasteiger partial charge in [0.25, 0.3) is 0 Å². The van der Waals surface area contributed by atoms with Crippen molar-refractivity contribution in [2.24, 2.45) is 0 Å². The van der Waals surface area contributed by atoms with Gasteiger partial charge in [0.1, 0.15) is 5.75 Å². The van der Waals surface area contributed by atoms with Gasteiger partial charge in [0.15, 0.2) is 0 Å². The molecular formula is C14H23NO. The van der Waals surface area contributed by atoms with Crippen molar-refractivity contribution in [1.29, 1.82) is 0 Å². The lowest BCUT2D eigenvalue weighted by Crippen LogP contribution is -2.16. The van der Waals surface area contributed by atoms with E-state index in [2.05, 4.69) is 25.2 Å². The first-order chi connectivity index (χ1) is 7.63. The Hall–Kier alpha value is -1.18. The molecule has 0 amide bonds. The van der Waals surface area contributed by atoms with Gasteiger partial charge in [-0.3, -0.25) is 0 Å². The van der Waals surface area contributed by atoms with E-state index in [0.717, 1.165) is 11.4 Å². The van der Waals surface area contributed by atoms with E-state index in [1.54, 1.807) is 0 Å². The molecule has 0 radical (unpaired) electrons. The van der Waals surface area contributed by atoms with Crippen molar-refractivity contribution in [1.82, 2.24) is 0 Å². The fraction of sp³-hybridized carbons (Fsp3) is 0.571. The number of rotatable bonds is 6. The van der Waals surface area contributed by atoms with Gasteiger partial charge in [-0.1, -0.05) is 25.5 Å². The number of ether oxygens (including phenoxy) is 1. The van der Waals surface area contributed by atoms with Crippen LogP contribution in [0.15, 0.2) is 24.3 Å². The quantitative estimate of drug-likeness (QED) is 0.781. The third kappa shape index (κ3) is 4.13. The van der Waals surface area contributed by atoms with Crippen molar-refractivity contribution in [3.8, 4) is 5.75 Å². The van der Waals surface area contributed by atoms with Crippen LogP contribution in [0.1, 0.15) is 40.5 Å². The SMILES string of the molecule is CCCC(C)Nc1ccccc1OC(C)C. The maximum atomic E-state index is 5.76. The topological polar surface area (TPSA) is 21.3 Å². The summed E-state index contributed by atoms with van der Waals surface area (Å²) in [6.07, 6.45) is 2.58. The van der Waals surface area contributed by atoms with Crippen molar-refractivity contribution < 1.29 is 4.74 Å². The van der Waals surface area contributed by atoms with Crippen molar-refractivity contribution in [2.75, 3.05) is 5.32 Å². The first-order valence-corrected chi connectivity index (χ1v) is 6.15. The second kappa shape index (κ2) is 6.41. The van der Waals surface area contributed by atoms with Gasteiger partial charge in [0, 0.05) is 6.04 Å². The number of nitrogens with one attached hydrogen (secondary N) is 1. The van der Waals surface area contributed by atoms with Gasteiger partial charge in [0.2, 0.25) is 0 Å². The fourth-order valence-electron chi connectivity index (χ4n) is 1.71. The third-order valence-corrected chi connectivity index (χ3v) is 2.37. The van der Waals surface area contributed by atoms with Crippen molar-refractivity contribution in [3.05, 3.63) is 24.3 Å². The van der Waals surface area contributed by atoms with Gasteiger partial charge in [-0.15, -0.1) is 0 Å². The zero-order valence-electron chi connectivity index (χ0n) is 10.8. The Morgan fingerprint density at radius 2 is 1.88 bits per heavy atom. The summed E-state index contributed by atoms with van der Waals surface area (Å²) in [5.74, 6) is 0.945. The molecule has 0 heterocycles. The Morgan fingerprint density at radius 1 is 1.19 bits per heavy atom. The largest absolute Gasteiger partial charge is 0.489 e. The summed E-state index contributed by atoms with van der Waals surface area (Å²) in [4.78, 5) is 0. The Balaban J connectivity index is 2.70. The lowest BCUT2D eigenvalue weighted by Gasteiger charge is -2.19. The Kier molecular flexibility index (Phi) is 5.17. The van der Waals surface area contributed by atoms with E-state index in [0.29, 0.717) is 6.04 Å². The smallest absolute Gasteiger partial charge is 0.142 e. The Morgan fingerprint density at radius 3 is 2.50 bits per heavy atom. The number of para-hydroxylation sites is 2. The van der Waals surface area contributed by atoms with Crippen LogP contribution in [0.3, 0.4) is 0 Å². The molecule has 2 heteroatoms. The summed E-state index contributed by atoms with van der Waals surface area (Å²) in [7, 11) is 0. The molecule has 0 saturated carbocycles. The molecule has 16 heavy (non-hydrogen) atoms. The summed E-state index contributed by atoms with van der Waals surface area (Å²) in [5, 5.41) is 3.49. The summed E-state index contributed by atoms with van der Waals surface area (Å²) < 4.78 is 5.76. The van der Waals surface area contributed by atoms with Gasteiger partial charge in [-0.2, -0.15) is 0 Å². The molecule has 1 N–H and O–H groups in total. The fourth-order valence-corrected chi connectivity index (χ4v) is 1.71. The zero-order valence-corrected chi connectivity index (χ0v) is 10.8. The first-order valence-electron chi connectivity index (χ1n) is 6.15. The number of hydrogen-bond donors (Lipinski definition) is 1. The molecule has 0 aliphatic heterocycles. The second-order valence-corrected chi connectivity index (χ2v) is 4.50. The molecule has 90 valence electrons. The van der Waals surface area contributed by atoms with Crippen molar-refractivity contribution in [2.45, 2.75) is 52.7 Å². The average molecular weight is 221 g/mol. The van der Waals surface area contributed by atoms with Gasteiger partial charge < -0.3 is 10.1 Å². The summed E-state index contributed by atoms with van der Waals surface area (Å²) in [6, 6.07) is 8.62. The molecule has 0 spiro atoms. The van der Waals surface area contributed by atoms with Crippen LogP contribution in [-0.2, 0) is 0 Å². The summed E-state index contributed by atoms with van der Waals surface area (Å²) >= 11 is 0. The highest BCUT2D eigenvalue weighted by Gasteiger charge is 2.07. The minimum atomic E-state index is 0.212. The lowest BCUT2D eigenvalue weighted by atomic mass is 10.2. The molecular weight excluding hydrogens is 198 g/mol. The first kappa shape index (κ1) is 12.9. The van der Waals surface area contributed by atoms with Gasteiger partial charge in [0.05, 0.1) is 11.8 Å². The monoisotopic (exact) mass is 221 g/mol. The minimum absolute atomic E-state index is 0.212. The third-order valence-electron chi connectivity index (χ3n) is 2.37. The lowest BCUT2D eigenvalue weighted by molar-refractivity contribution is 0.243. The normalized spacial score (nSPS) is 12.6. The highest BCUT2D eigenvalue weighted by atomic mass is 16.5. The van der Waals surface area contributed by atoms with Gasteiger partial charge in [-0.25, -0.2) is 0 Å². The van der Waals surface area contributed by atoms with E-state index in [1.807, 2.05) is 32.0 Å². The molecule has 0 aromatic heterocycles. The predicted molar refractivity (Wildman–Crippen MR) is 70.2 cm³/mol. The molecule has 0 saturated heterocycles. The number of anilines is 1. The van der Waals surface area contributed by atoms with Crippen LogP contribution in [0.5, 0.6) is 5.75 Å². The highest BCUT2D eigenvalue weighted by molar-refractivity contribution is 5.56. The van der Waals surface area contributed by atoms with E-state index < -0.39 is 0 Å². The average Bonchev–Trinajstić information content (AvgIpc) is 2.20. The van der Waals surface area contributed by atoms with Crippen LogP contribution < -0.4 is 10.1 Å². The van der Waals surface area contributed by atoms with E-state index in [-0.39, 0.29) is 6.10 Å². The maximum absolute atomic E-state index is 5.76. The Bertz CT molecular complexity index is 309. The zero-order chi connectivity index (χ0) is 12.0. The molecule has 0 bridgehead atoms. The number of benzene rings is 1. The molecule has 1 aromatic rings. The van der Waals surface area contributed by atoms with Crippen LogP contribution in [0, 0.1) is 0 Å². The van der Waals surface area contributed by atoms with Crippen molar-refractivity contribution in [3.63, 3.8) is 0 Å². The highest BCUT2D eigenvalue weighted by Crippen LogP contribution is 2.25. The van der Waals surface area contributed by atoms with Gasteiger partial charge >= 0.3 is 0 Å². The van der Waals surface area contributed by atoms with Crippen molar-refractivity contribution >= 4 is 5.69 Å². The van der Waals surface area contributed by atoms with E-state index >= 15 is 0 Å². The molecule has 0 aliphatic rings. The van der Waals surface area contributed by atoms with E-state index in [4.69, 9.17) is 4.74 Å². The molecule has 1 rings (SSSR count). The van der Waals surface area contributed by atoms with Crippen LogP contribution in [0.2, 0.25) is 0 Å². The van der Waals surface area contributed by atoms with Crippen LogP contribution in [0.4, 0.5) is 5.69 Å². The number of hydrogen-bond acceptors (Lipinski definition) is 2. The molecule has 0 aliphatic carbocycles. The molecule has 1 atom stereocenters. The van der Waals surface area contributed by atoms with E-state index in [9.17, 15) is 0 Å². The predicted octanol–water partition coefficient (Wildman–Crippen LogP) is 4.07. The van der Waals surface area contributed by atoms with Gasteiger partial charge in [-0.05, 0) is 39.3 Å². The molecule has 1 unspecified atom stereocenters. The minimum Gasteiger partial charge on any atom is -0.489 e. The molecule has 1 aromatic carbocycles. The van der Waals surface area contributed by atoms with E-state index in [1.165, 1.54) is 12.8 Å². The molecule has 2 nitrogen and oxygen atoms in total. The van der Waals surface area contributed by atoms with Crippen LogP contribution in [0.25, 0.3) is 0 Å². The van der Waals surface area contributed by atoms with Crippen LogP contribution >= 0.6 is 0 Å². The standard InChI is InChI=1S/C14H23NO/c1-5-8-12(4)15-13-9-6-7-10-14(13)16-11(2)3/h6-7,9-12,15H,5,8H2,1-4H3. The molecule has 0 fully saturated rings.